The molecule has 1 aromatic carbocycles. The second kappa shape index (κ2) is 6.32. The molecule has 2 N–H and O–H groups in total. The van der Waals surface area contributed by atoms with Gasteiger partial charge in [-0.3, -0.25) is 9.89 Å². The van der Waals surface area contributed by atoms with Gasteiger partial charge in [-0.1, -0.05) is 24.3 Å². The highest BCUT2D eigenvalue weighted by Crippen LogP contribution is 2.26. The number of nitrogens with one attached hydrogen (secondary N) is 2. The zero-order valence-corrected chi connectivity index (χ0v) is 13.0. The fraction of sp³-hybridized carbons (Fsp3) is 0.412. The van der Waals surface area contributed by atoms with E-state index in [4.69, 9.17) is 4.74 Å². The van der Waals surface area contributed by atoms with Crippen LogP contribution in [-0.4, -0.2) is 29.3 Å². The van der Waals surface area contributed by atoms with Crippen molar-refractivity contribution in [3.63, 3.8) is 0 Å². The molecule has 5 heteroatoms. The number of carbonyl (C=O) groups is 1. The summed E-state index contributed by atoms with van der Waals surface area (Å²) in [6, 6.07) is 8.27. The van der Waals surface area contributed by atoms with Crippen LogP contribution >= 0.6 is 0 Å². The smallest absolute Gasteiger partial charge is 0.224 e. The Morgan fingerprint density at radius 1 is 1.41 bits per heavy atom. The average Bonchev–Trinajstić information content (AvgIpc) is 2.85. The molecule has 1 aliphatic heterocycles. The number of amides is 1. The number of H-pyrrole nitrogens is 1. The maximum atomic E-state index is 12.2. The number of aryl methyl sites for hydroxylation is 2. The first-order valence-electron chi connectivity index (χ1n) is 7.61. The molecule has 1 amide bonds. The lowest BCUT2D eigenvalue weighted by Crippen LogP contribution is -2.32. The van der Waals surface area contributed by atoms with E-state index in [1.807, 2.05) is 26.0 Å². The van der Waals surface area contributed by atoms with Crippen molar-refractivity contribution in [2.75, 3.05) is 13.2 Å². The first kappa shape index (κ1) is 14.8. The van der Waals surface area contributed by atoms with Crippen LogP contribution in [0.5, 0.6) is 0 Å². The van der Waals surface area contributed by atoms with E-state index in [0.717, 1.165) is 23.4 Å². The Morgan fingerprint density at radius 2 is 2.23 bits per heavy atom. The van der Waals surface area contributed by atoms with Gasteiger partial charge in [-0.2, -0.15) is 5.10 Å². The highest BCUT2D eigenvalue weighted by atomic mass is 16.5. The van der Waals surface area contributed by atoms with Gasteiger partial charge >= 0.3 is 0 Å². The lowest BCUT2D eigenvalue weighted by molar-refractivity contribution is -0.121. The topological polar surface area (TPSA) is 67.0 Å². The van der Waals surface area contributed by atoms with Gasteiger partial charge in [0.15, 0.2) is 0 Å². The van der Waals surface area contributed by atoms with Crippen LogP contribution in [0.25, 0.3) is 0 Å². The third kappa shape index (κ3) is 3.04. The third-order valence-corrected chi connectivity index (χ3v) is 4.20. The molecular weight excluding hydrogens is 278 g/mol. The van der Waals surface area contributed by atoms with Crippen LogP contribution in [0.2, 0.25) is 0 Å². The van der Waals surface area contributed by atoms with Crippen molar-refractivity contribution in [2.24, 2.45) is 0 Å². The highest BCUT2D eigenvalue weighted by Gasteiger charge is 2.21. The molecule has 0 bridgehead atoms. The second-order valence-electron chi connectivity index (χ2n) is 5.70. The molecule has 0 radical (unpaired) electrons. The van der Waals surface area contributed by atoms with Crippen LogP contribution in [0.15, 0.2) is 24.3 Å². The fourth-order valence-corrected chi connectivity index (χ4v) is 2.91. The number of fused-ring (bicyclic) bond motifs is 1. The SMILES string of the molecule is Cc1n[nH]c(C)c1CC(=O)NCC1OCCc2ccccc21. The quantitative estimate of drug-likeness (QED) is 0.907. The Morgan fingerprint density at radius 3 is 3.00 bits per heavy atom. The molecule has 1 aliphatic rings. The van der Waals surface area contributed by atoms with Crippen molar-refractivity contribution in [3.05, 3.63) is 52.3 Å². The molecule has 22 heavy (non-hydrogen) atoms. The number of aromatic amines is 1. The first-order valence-corrected chi connectivity index (χ1v) is 7.61. The number of nitrogens with zero attached hydrogens (tertiary/aromatic N) is 1. The molecular formula is C17H21N3O2. The monoisotopic (exact) mass is 299 g/mol. The van der Waals surface area contributed by atoms with Gasteiger partial charge < -0.3 is 10.1 Å². The van der Waals surface area contributed by atoms with Crippen LogP contribution < -0.4 is 5.32 Å². The minimum absolute atomic E-state index is 0.000690. The van der Waals surface area contributed by atoms with Crippen molar-refractivity contribution in [2.45, 2.75) is 32.8 Å². The number of rotatable bonds is 4. The van der Waals surface area contributed by atoms with Crippen LogP contribution in [0.3, 0.4) is 0 Å². The maximum absolute atomic E-state index is 12.2. The molecule has 2 heterocycles. The summed E-state index contributed by atoms with van der Waals surface area (Å²) >= 11 is 0. The molecule has 2 aromatic rings. The van der Waals surface area contributed by atoms with Gasteiger partial charge in [-0.15, -0.1) is 0 Å². The largest absolute Gasteiger partial charge is 0.371 e. The Balaban J connectivity index is 1.60. The summed E-state index contributed by atoms with van der Waals surface area (Å²) in [6.07, 6.45) is 1.23. The third-order valence-electron chi connectivity index (χ3n) is 4.20. The van der Waals surface area contributed by atoms with Gasteiger partial charge in [-0.25, -0.2) is 0 Å². The molecule has 0 fully saturated rings. The van der Waals surface area contributed by atoms with Gasteiger partial charge in [0, 0.05) is 17.8 Å². The van der Waals surface area contributed by atoms with Crippen molar-refractivity contribution in [1.29, 1.82) is 0 Å². The Labute approximate surface area is 130 Å². The molecule has 1 aromatic heterocycles. The van der Waals surface area contributed by atoms with Gasteiger partial charge in [-0.05, 0) is 31.4 Å². The molecule has 1 unspecified atom stereocenters. The Hall–Kier alpha value is -2.14. The summed E-state index contributed by atoms with van der Waals surface area (Å²) < 4.78 is 5.80. The van der Waals surface area contributed by atoms with Crippen molar-refractivity contribution in [3.8, 4) is 0 Å². The lowest BCUT2D eigenvalue weighted by Gasteiger charge is -2.26. The molecule has 116 valence electrons. The minimum atomic E-state index is -0.0551. The summed E-state index contributed by atoms with van der Waals surface area (Å²) in [6.45, 7) is 5.05. The molecule has 5 nitrogen and oxygen atoms in total. The van der Waals surface area contributed by atoms with Crippen molar-refractivity contribution < 1.29 is 9.53 Å². The van der Waals surface area contributed by atoms with Gasteiger partial charge in [0.25, 0.3) is 0 Å². The molecule has 1 atom stereocenters. The number of hydrogen-bond donors (Lipinski definition) is 2. The standard InChI is InChI=1S/C17H21N3O2/c1-11-15(12(2)20-19-11)9-17(21)18-10-16-14-6-4-3-5-13(14)7-8-22-16/h3-6,16H,7-10H2,1-2H3,(H,18,21)(H,19,20). The summed E-state index contributed by atoms with van der Waals surface area (Å²) in [5, 5.41) is 10.0. The second-order valence-corrected chi connectivity index (χ2v) is 5.70. The van der Waals surface area contributed by atoms with Gasteiger partial charge in [0.05, 0.1) is 18.7 Å². The molecule has 0 aliphatic carbocycles. The minimum Gasteiger partial charge on any atom is -0.371 e. The number of ether oxygens (including phenoxy) is 1. The van der Waals surface area contributed by atoms with Crippen molar-refractivity contribution >= 4 is 5.91 Å². The molecule has 0 saturated heterocycles. The predicted octanol–water partition coefficient (Wildman–Crippen LogP) is 2.00. The van der Waals surface area contributed by atoms with Crippen LogP contribution in [0.1, 0.15) is 34.2 Å². The highest BCUT2D eigenvalue weighted by molar-refractivity contribution is 5.79. The molecule has 3 rings (SSSR count). The summed E-state index contributed by atoms with van der Waals surface area (Å²) in [7, 11) is 0. The predicted molar refractivity (Wildman–Crippen MR) is 83.6 cm³/mol. The Bertz CT molecular complexity index is 659. The zero-order valence-electron chi connectivity index (χ0n) is 13.0. The van der Waals surface area contributed by atoms with Crippen LogP contribution in [0.4, 0.5) is 0 Å². The Kier molecular flexibility index (Phi) is 4.24. The number of benzene rings is 1. The number of aromatic nitrogens is 2. The molecule has 0 saturated carbocycles. The van der Waals surface area contributed by atoms with E-state index in [-0.39, 0.29) is 12.0 Å². The van der Waals surface area contributed by atoms with E-state index in [1.165, 1.54) is 11.1 Å². The first-order chi connectivity index (χ1) is 10.6. The molecule has 0 spiro atoms. The average molecular weight is 299 g/mol. The van der Waals surface area contributed by atoms with Crippen molar-refractivity contribution in [1.82, 2.24) is 15.5 Å². The van der Waals surface area contributed by atoms with E-state index in [2.05, 4.69) is 27.6 Å². The summed E-state index contributed by atoms with van der Waals surface area (Å²) in [5.74, 6) is -0.000690. The normalized spacial score (nSPS) is 17.1. The van der Waals surface area contributed by atoms with E-state index < -0.39 is 0 Å². The zero-order chi connectivity index (χ0) is 15.5. The summed E-state index contributed by atoms with van der Waals surface area (Å²) in [5.41, 5.74) is 5.31. The lowest BCUT2D eigenvalue weighted by atomic mass is 9.97. The number of carbonyl (C=O) groups excluding carboxylic acids is 1. The van der Waals surface area contributed by atoms with E-state index in [9.17, 15) is 4.79 Å². The van der Waals surface area contributed by atoms with E-state index in [1.54, 1.807) is 0 Å². The van der Waals surface area contributed by atoms with E-state index in [0.29, 0.717) is 19.6 Å². The van der Waals surface area contributed by atoms with Gasteiger partial charge in [0.1, 0.15) is 6.10 Å². The number of hydrogen-bond acceptors (Lipinski definition) is 3. The van der Waals surface area contributed by atoms with Gasteiger partial charge in [0.2, 0.25) is 5.91 Å². The maximum Gasteiger partial charge on any atom is 0.224 e. The summed E-state index contributed by atoms with van der Waals surface area (Å²) in [4.78, 5) is 12.2. The van der Waals surface area contributed by atoms with Crippen LogP contribution in [0, 0.1) is 13.8 Å². The fourth-order valence-electron chi connectivity index (χ4n) is 2.91. The van der Waals surface area contributed by atoms with Crippen LogP contribution in [-0.2, 0) is 22.4 Å². The van der Waals surface area contributed by atoms with E-state index >= 15 is 0 Å².